The Hall–Kier alpha value is -2.01. The Morgan fingerprint density at radius 1 is 1.37 bits per heavy atom. The van der Waals surface area contributed by atoms with Gasteiger partial charge in [0.05, 0.1) is 17.4 Å². The molecule has 1 aromatic carbocycles. The number of nitrogens with zero attached hydrogens (tertiary/aromatic N) is 1. The van der Waals surface area contributed by atoms with E-state index in [1.54, 1.807) is 18.3 Å². The van der Waals surface area contributed by atoms with Crippen molar-refractivity contribution in [1.29, 1.82) is 0 Å². The molecule has 98 valence electrons. The Balaban J connectivity index is 2.18. The summed E-state index contributed by atoms with van der Waals surface area (Å²) in [5, 5.41) is 3.07. The molecule has 0 radical (unpaired) electrons. The van der Waals surface area contributed by atoms with Crippen LogP contribution in [-0.4, -0.2) is 9.97 Å². The molecule has 0 saturated heterocycles. The molecule has 0 bridgehead atoms. The van der Waals surface area contributed by atoms with Crippen LogP contribution >= 0.6 is 12.2 Å². The van der Waals surface area contributed by atoms with Gasteiger partial charge in [-0.3, -0.25) is 4.98 Å². The van der Waals surface area contributed by atoms with E-state index in [1.165, 1.54) is 6.07 Å². The number of nitrogens with one attached hydrogen (secondary N) is 1. The van der Waals surface area contributed by atoms with Crippen LogP contribution in [0.4, 0.5) is 10.1 Å². The van der Waals surface area contributed by atoms with Crippen molar-refractivity contribution in [3.05, 3.63) is 59.7 Å². The average Bonchev–Trinajstić information content (AvgIpc) is 2.41. The minimum atomic E-state index is -0.381. The van der Waals surface area contributed by atoms with E-state index in [1.807, 2.05) is 25.1 Å². The molecule has 3 nitrogen and oxygen atoms in total. The molecule has 2 aromatic rings. The molecule has 2 rings (SSSR count). The first kappa shape index (κ1) is 13.4. The van der Waals surface area contributed by atoms with E-state index >= 15 is 0 Å². The highest BCUT2D eigenvalue weighted by molar-refractivity contribution is 7.80. The lowest BCUT2D eigenvalue weighted by molar-refractivity contribution is 0.626. The molecular formula is C14H14FN3S. The smallest absolute Gasteiger partial charge is 0.147 e. The van der Waals surface area contributed by atoms with Crippen molar-refractivity contribution in [1.82, 2.24) is 4.98 Å². The number of aromatic nitrogens is 1. The number of hydrogen-bond acceptors (Lipinski definition) is 3. The van der Waals surface area contributed by atoms with Crippen molar-refractivity contribution in [2.75, 3.05) is 5.32 Å². The Labute approximate surface area is 116 Å². The van der Waals surface area contributed by atoms with E-state index in [0.29, 0.717) is 11.3 Å². The first-order valence-corrected chi connectivity index (χ1v) is 6.25. The van der Waals surface area contributed by atoms with Gasteiger partial charge in [-0.25, -0.2) is 4.39 Å². The van der Waals surface area contributed by atoms with Gasteiger partial charge in [-0.2, -0.15) is 0 Å². The van der Waals surface area contributed by atoms with Crippen LogP contribution in [0.2, 0.25) is 0 Å². The van der Waals surface area contributed by atoms with E-state index in [9.17, 15) is 4.39 Å². The second-order valence-corrected chi connectivity index (χ2v) is 4.62. The van der Waals surface area contributed by atoms with E-state index < -0.39 is 0 Å². The second kappa shape index (κ2) is 5.75. The van der Waals surface area contributed by atoms with Gasteiger partial charge in [-0.05, 0) is 37.3 Å². The van der Waals surface area contributed by atoms with Gasteiger partial charge in [0, 0.05) is 11.8 Å². The van der Waals surface area contributed by atoms with E-state index in [2.05, 4.69) is 10.3 Å². The molecule has 1 aromatic heterocycles. The van der Waals surface area contributed by atoms with Crippen LogP contribution in [0.3, 0.4) is 0 Å². The fourth-order valence-electron chi connectivity index (χ4n) is 1.72. The largest absolute Gasteiger partial charge is 0.389 e. The topological polar surface area (TPSA) is 50.9 Å². The fraction of sp³-hybridized carbons (Fsp3) is 0.143. The highest BCUT2D eigenvalue weighted by Gasteiger charge is 2.10. The lowest BCUT2D eigenvalue weighted by atomic mass is 10.1. The van der Waals surface area contributed by atoms with Crippen LogP contribution in [0.25, 0.3) is 0 Å². The van der Waals surface area contributed by atoms with Gasteiger partial charge in [-0.1, -0.05) is 18.3 Å². The summed E-state index contributed by atoms with van der Waals surface area (Å²) in [6.07, 6.45) is 1.71. The fourth-order valence-corrected chi connectivity index (χ4v) is 1.85. The maximum absolute atomic E-state index is 13.9. The summed E-state index contributed by atoms with van der Waals surface area (Å²) in [4.78, 5) is 4.41. The summed E-state index contributed by atoms with van der Waals surface area (Å²) >= 11 is 4.81. The number of nitrogens with two attached hydrogens (primary N) is 1. The van der Waals surface area contributed by atoms with Gasteiger partial charge in [0.25, 0.3) is 0 Å². The first-order chi connectivity index (χ1) is 9.08. The quantitative estimate of drug-likeness (QED) is 0.842. The van der Waals surface area contributed by atoms with Crippen LogP contribution in [0, 0.1) is 5.82 Å². The van der Waals surface area contributed by atoms with Crippen molar-refractivity contribution in [2.45, 2.75) is 13.0 Å². The first-order valence-electron chi connectivity index (χ1n) is 5.84. The molecule has 5 heteroatoms. The number of thiocarbonyl (C=S) groups is 1. The lowest BCUT2D eigenvalue weighted by Gasteiger charge is -2.15. The normalized spacial score (nSPS) is 11.9. The molecule has 19 heavy (non-hydrogen) atoms. The molecule has 1 unspecified atom stereocenters. The maximum Gasteiger partial charge on any atom is 0.147 e. The van der Waals surface area contributed by atoms with Crippen LogP contribution in [0.5, 0.6) is 0 Å². The zero-order chi connectivity index (χ0) is 13.8. The highest BCUT2D eigenvalue weighted by atomic mass is 32.1. The standard InChI is InChI=1S/C14H14FN3S/c1-9(12-4-2-3-7-17-12)18-13-6-5-10(14(16)19)8-11(13)15/h2-9,18H,1H3,(H2,16,19). The zero-order valence-corrected chi connectivity index (χ0v) is 11.2. The van der Waals surface area contributed by atoms with Crippen LogP contribution in [0.1, 0.15) is 24.2 Å². The SMILES string of the molecule is CC(Nc1ccc(C(N)=S)cc1F)c1ccccn1. The Morgan fingerprint density at radius 3 is 2.74 bits per heavy atom. The molecule has 1 heterocycles. The van der Waals surface area contributed by atoms with Crippen molar-refractivity contribution in [2.24, 2.45) is 5.73 Å². The monoisotopic (exact) mass is 275 g/mol. The number of rotatable bonds is 4. The molecule has 0 spiro atoms. The summed E-state index contributed by atoms with van der Waals surface area (Å²) in [6, 6.07) is 10.2. The van der Waals surface area contributed by atoms with E-state index in [-0.39, 0.29) is 16.8 Å². The summed E-state index contributed by atoms with van der Waals surface area (Å²) in [6.45, 7) is 1.92. The minimum Gasteiger partial charge on any atom is -0.389 e. The predicted octanol–water partition coefficient (Wildman–Crippen LogP) is 3.03. The third kappa shape index (κ3) is 3.26. The third-order valence-corrected chi connectivity index (χ3v) is 2.99. The van der Waals surface area contributed by atoms with Crippen molar-refractivity contribution in [3.8, 4) is 0 Å². The van der Waals surface area contributed by atoms with Gasteiger partial charge >= 0.3 is 0 Å². The molecule has 3 N–H and O–H groups in total. The van der Waals surface area contributed by atoms with Crippen molar-refractivity contribution < 1.29 is 4.39 Å². The van der Waals surface area contributed by atoms with Gasteiger partial charge in [0.2, 0.25) is 0 Å². The molecule has 0 aliphatic carbocycles. The predicted molar refractivity (Wildman–Crippen MR) is 78.6 cm³/mol. The van der Waals surface area contributed by atoms with Crippen LogP contribution in [-0.2, 0) is 0 Å². The van der Waals surface area contributed by atoms with Gasteiger partial charge < -0.3 is 11.1 Å². The number of halogens is 1. The Morgan fingerprint density at radius 2 is 2.16 bits per heavy atom. The zero-order valence-electron chi connectivity index (χ0n) is 10.4. The van der Waals surface area contributed by atoms with Crippen molar-refractivity contribution in [3.63, 3.8) is 0 Å². The summed E-state index contributed by atoms with van der Waals surface area (Å²) in [7, 11) is 0. The number of anilines is 1. The second-order valence-electron chi connectivity index (χ2n) is 4.18. The number of benzene rings is 1. The van der Waals surface area contributed by atoms with E-state index in [0.717, 1.165) is 5.69 Å². The molecule has 0 saturated carbocycles. The molecule has 0 fully saturated rings. The molecule has 0 amide bonds. The number of hydrogen-bond donors (Lipinski definition) is 2. The summed E-state index contributed by atoms with van der Waals surface area (Å²) in [5.74, 6) is -0.381. The highest BCUT2D eigenvalue weighted by Crippen LogP contribution is 2.21. The van der Waals surface area contributed by atoms with Crippen molar-refractivity contribution >= 4 is 22.9 Å². The third-order valence-electron chi connectivity index (χ3n) is 2.76. The number of pyridine rings is 1. The maximum atomic E-state index is 13.9. The van der Waals surface area contributed by atoms with Crippen LogP contribution < -0.4 is 11.1 Å². The Bertz CT molecular complexity index is 586. The molecule has 0 aliphatic rings. The summed E-state index contributed by atoms with van der Waals surface area (Å²) in [5.41, 5.74) is 7.23. The molecule has 1 atom stereocenters. The molecule has 0 aliphatic heterocycles. The van der Waals surface area contributed by atoms with Gasteiger partial charge in [0.15, 0.2) is 0 Å². The average molecular weight is 275 g/mol. The summed E-state index contributed by atoms with van der Waals surface area (Å²) < 4.78 is 13.9. The van der Waals surface area contributed by atoms with Gasteiger partial charge in [0.1, 0.15) is 10.8 Å². The Kier molecular flexibility index (Phi) is 4.06. The van der Waals surface area contributed by atoms with Gasteiger partial charge in [-0.15, -0.1) is 0 Å². The lowest BCUT2D eigenvalue weighted by Crippen LogP contribution is -2.12. The van der Waals surface area contributed by atoms with Crippen LogP contribution in [0.15, 0.2) is 42.6 Å². The minimum absolute atomic E-state index is 0.0913. The van der Waals surface area contributed by atoms with E-state index in [4.69, 9.17) is 18.0 Å². The molecular weight excluding hydrogens is 261 g/mol.